The number of hydrogen-bond donors (Lipinski definition) is 2. The van der Waals surface area contributed by atoms with Crippen LogP contribution in [0, 0.1) is 0 Å². The quantitative estimate of drug-likeness (QED) is 0.795. The van der Waals surface area contributed by atoms with Gasteiger partial charge in [-0.15, -0.1) is 0 Å². The predicted molar refractivity (Wildman–Crippen MR) is 98.0 cm³/mol. The van der Waals surface area contributed by atoms with Gasteiger partial charge >= 0.3 is 0 Å². The minimum Gasteiger partial charge on any atom is -0.493 e. The van der Waals surface area contributed by atoms with E-state index in [4.69, 9.17) is 14.2 Å². The number of benzene rings is 2. The zero-order valence-electron chi connectivity index (χ0n) is 15.2. The van der Waals surface area contributed by atoms with Crippen molar-refractivity contribution in [2.45, 2.75) is 13.5 Å². The Kier molecular flexibility index (Phi) is 6.43. The predicted octanol–water partition coefficient (Wildman–Crippen LogP) is 2.60. The Morgan fingerprint density at radius 2 is 1.69 bits per heavy atom. The summed E-state index contributed by atoms with van der Waals surface area (Å²) in [5, 5.41) is 5.54. The summed E-state index contributed by atoms with van der Waals surface area (Å²) < 4.78 is 15.8. The van der Waals surface area contributed by atoms with Crippen molar-refractivity contribution in [1.29, 1.82) is 0 Å². The van der Waals surface area contributed by atoms with Gasteiger partial charge in [0.15, 0.2) is 11.5 Å². The number of methoxy groups -OCH3 is 3. The van der Waals surface area contributed by atoms with Crippen molar-refractivity contribution in [1.82, 2.24) is 5.32 Å². The van der Waals surface area contributed by atoms with Gasteiger partial charge in [-0.3, -0.25) is 9.59 Å². The van der Waals surface area contributed by atoms with Gasteiger partial charge in [-0.2, -0.15) is 0 Å². The van der Waals surface area contributed by atoms with E-state index in [-0.39, 0.29) is 11.8 Å². The summed E-state index contributed by atoms with van der Waals surface area (Å²) in [6.45, 7) is 1.74. The maximum absolute atomic E-state index is 12.6. The first kappa shape index (κ1) is 19.1. The van der Waals surface area contributed by atoms with Crippen LogP contribution in [0.5, 0.6) is 17.2 Å². The maximum atomic E-state index is 12.6. The molecule has 0 spiro atoms. The van der Waals surface area contributed by atoms with Gasteiger partial charge in [0.25, 0.3) is 5.91 Å². The average Bonchev–Trinajstić information content (AvgIpc) is 2.64. The van der Waals surface area contributed by atoms with Gasteiger partial charge in [0.05, 0.1) is 26.9 Å². The number of nitrogens with one attached hydrogen (secondary N) is 2. The number of anilines is 1. The number of carbonyl (C=O) groups is 2. The molecule has 0 aliphatic rings. The van der Waals surface area contributed by atoms with E-state index in [1.165, 1.54) is 28.3 Å². The molecule has 0 bridgehead atoms. The highest BCUT2D eigenvalue weighted by molar-refractivity contribution is 5.98. The molecule has 2 rings (SSSR count). The molecule has 7 nitrogen and oxygen atoms in total. The Morgan fingerprint density at radius 1 is 0.962 bits per heavy atom. The summed E-state index contributed by atoms with van der Waals surface area (Å²) in [5.41, 5.74) is 1.86. The van der Waals surface area contributed by atoms with Crippen LogP contribution >= 0.6 is 0 Å². The number of amides is 2. The van der Waals surface area contributed by atoms with Crippen molar-refractivity contribution in [3.63, 3.8) is 0 Å². The van der Waals surface area contributed by atoms with E-state index in [1.54, 1.807) is 24.3 Å². The molecule has 2 amide bonds. The number of carbonyl (C=O) groups excluding carboxylic acids is 2. The van der Waals surface area contributed by atoms with Crippen LogP contribution in [-0.2, 0) is 11.3 Å². The number of ether oxygens (including phenoxy) is 3. The van der Waals surface area contributed by atoms with E-state index >= 15 is 0 Å². The van der Waals surface area contributed by atoms with Crippen molar-refractivity contribution in [2.24, 2.45) is 0 Å². The first-order chi connectivity index (χ1) is 12.5. The standard InChI is InChI=1S/C19H22N2O5/c1-12(22)21-14-7-5-6-13(10-14)11-20-19(23)15-8-9-16(24-2)18(26-4)17(15)25-3/h5-10H,11H2,1-4H3,(H,20,23)(H,21,22). The lowest BCUT2D eigenvalue weighted by Crippen LogP contribution is -2.23. The second-order valence-electron chi connectivity index (χ2n) is 5.45. The Hall–Kier alpha value is -3.22. The first-order valence-corrected chi connectivity index (χ1v) is 7.93. The SMILES string of the molecule is COc1ccc(C(=O)NCc2cccc(NC(C)=O)c2)c(OC)c1OC. The summed E-state index contributed by atoms with van der Waals surface area (Å²) in [6, 6.07) is 10.5. The highest BCUT2D eigenvalue weighted by Crippen LogP contribution is 2.39. The third-order valence-corrected chi connectivity index (χ3v) is 3.65. The molecule has 26 heavy (non-hydrogen) atoms. The van der Waals surface area contributed by atoms with Gasteiger partial charge in [0.2, 0.25) is 11.7 Å². The monoisotopic (exact) mass is 358 g/mol. The topological polar surface area (TPSA) is 85.9 Å². The molecule has 7 heteroatoms. The third kappa shape index (κ3) is 4.44. The Labute approximate surface area is 152 Å². The van der Waals surface area contributed by atoms with Gasteiger partial charge in [-0.05, 0) is 29.8 Å². The van der Waals surface area contributed by atoms with E-state index in [0.29, 0.717) is 35.0 Å². The third-order valence-electron chi connectivity index (χ3n) is 3.65. The molecule has 0 heterocycles. The molecule has 0 atom stereocenters. The molecule has 0 unspecified atom stereocenters. The molecule has 138 valence electrons. The van der Waals surface area contributed by atoms with E-state index in [0.717, 1.165) is 5.56 Å². The van der Waals surface area contributed by atoms with E-state index in [2.05, 4.69) is 10.6 Å². The van der Waals surface area contributed by atoms with Gasteiger partial charge in [-0.25, -0.2) is 0 Å². The average molecular weight is 358 g/mol. The molecule has 2 N–H and O–H groups in total. The second-order valence-corrected chi connectivity index (χ2v) is 5.45. The fourth-order valence-electron chi connectivity index (χ4n) is 2.52. The van der Waals surface area contributed by atoms with Crippen molar-refractivity contribution in [3.8, 4) is 17.2 Å². The Balaban J connectivity index is 2.17. The molecular formula is C19H22N2O5. The number of rotatable bonds is 7. The zero-order valence-corrected chi connectivity index (χ0v) is 15.2. The lowest BCUT2D eigenvalue weighted by molar-refractivity contribution is -0.114. The van der Waals surface area contributed by atoms with Crippen LogP contribution < -0.4 is 24.8 Å². The summed E-state index contributed by atoms with van der Waals surface area (Å²) in [7, 11) is 4.46. The fraction of sp³-hybridized carbons (Fsp3) is 0.263. The molecule has 2 aromatic carbocycles. The van der Waals surface area contributed by atoms with Crippen LogP contribution in [-0.4, -0.2) is 33.1 Å². The van der Waals surface area contributed by atoms with Crippen LogP contribution in [0.1, 0.15) is 22.8 Å². The summed E-state index contributed by atoms with van der Waals surface area (Å²) in [6.07, 6.45) is 0. The molecular weight excluding hydrogens is 336 g/mol. The van der Waals surface area contributed by atoms with Crippen LogP contribution in [0.15, 0.2) is 36.4 Å². The molecule has 0 aliphatic carbocycles. The van der Waals surface area contributed by atoms with Gasteiger partial charge in [0.1, 0.15) is 0 Å². The van der Waals surface area contributed by atoms with Crippen molar-refractivity contribution in [3.05, 3.63) is 47.5 Å². The normalized spacial score (nSPS) is 10.0. The van der Waals surface area contributed by atoms with Crippen LogP contribution in [0.2, 0.25) is 0 Å². The molecule has 0 aromatic heterocycles. The lowest BCUT2D eigenvalue weighted by atomic mass is 10.1. The van der Waals surface area contributed by atoms with E-state index in [9.17, 15) is 9.59 Å². The van der Waals surface area contributed by atoms with Crippen LogP contribution in [0.3, 0.4) is 0 Å². The van der Waals surface area contributed by atoms with Gasteiger partial charge in [0, 0.05) is 19.2 Å². The summed E-state index contributed by atoms with van der Waals surface area (Å²) in [4.78, 5) is 23.7. The summed E-state index contributed by atoms with van der Waals surface area (Å²) >= 11 is 0. The zero-order chi connectivity index (χ0) is 19.1. The smallest absolute Gasteiger partial charge is 0.255 e. The van der Waals surface area contributed by atoms with Crippen molar-refractivity contribution in [2.75, 3.05) is 26.6 Å². The van der Waals surface area contributed by atoms with E-state index in [1.807, 2.05) is 12.1 Å². The molecule has 0 radical (unpaired) electrons. The second kappa shape index (κ2) is 8.75. The molecule has 0 saturated carbocycles. The summed E-state index contributed by atoms with van der Waals surface area (Å²) in [5.74, 6) is 0.671. The Bertz CT molecular complexity index is 805. The maximum Gasteiger partial charge on any atom is 0.255 e. The number of hydrogen-bond acceptors (Lipinski definition) is 5. The first-order valence-electron chi connectivity index (χ1n) is 7.93. The highest BCUT2D eigenvalue weighted by atomic mass is 16.5. The lowest BCUT2D eigenvalue weighted by Gasteiger charge is -2.15. The highest BCUT2D eigenvalue weighted by Gasteiger charge is 2.20. The van der Waals surface area contributed by atoms with E-state index < -0.39 is 0 Å². The van der Waals surface area contributed by atoms with Gasteiger partial charge < -0.3 is 24.8 Å². The van der Waals surface area contributed by atoms with Crippen molar-refractivity contribution >= 4 is 17.5 Å². The fourth-order valence-corrected chi connectivity index (χ4v) is 2.52. The Morgan fingerprint density at radius 3 is 2.31 bits per heavy atom. The minimum atomic E-state index is -0.312. The molecule has 0 saturated heterocycles. The van der Waals surface area contributed by atoms with Crippen LogP contribution in [0.25, 0.3) is 0 Å². The molecule has 0 fully saturated rings. The van der Waals surface area contributed by atoms with Crippen molar-refractivity contribution < 1.29 is 23.8 Å². The largest absolute Gasteiger partial charge is 0.493 e. The minimum absolute atomic E-state index is 0.152. The molecule has 0 aliphatic heterocycles. The van der Waals surface area contributed by atoms with Crippen LogP contribution in [0.4, 0.5) is 5.69 Å². The molecule has 2 aromatic rings. The van der Waals surface area contributed by atoms with Gasteiger partial charge in [-0.1, -0.05) is 12.1 Å².